The van der Waals surface area contributed by atoms with Gasteiger partial charge in [-0.25, -0.2) is 0 Å². The Morgan fingerprint density at radius 1 is 1.57 bits per heavy atom. The quantitative estimate of drug-likeness (QED) is 0.787. The Labute approximate surface area is 87.3 Å². The van der Waals surface area contributed by atoms with E-state index in [2.05, 4.69) is 0 Å². The van der Waals surface area contributed by atoms with Crippen molar-refractivity contribution in [2.75, 3.05) is 0 Å². The van der Waals surface area contributed by atoms with Crippen molar-refractivity contribution in [1.29, 1.82) is 0 Å². The van der Waals surface area contributed by atoms with Gasteiger partial charge in [0.25, 0.3) is 0 Å². The molecule has 0 heterocycles. The zero-order valence-corrected chi connectivity index (χ0v) is 8.54. The van der Waals surface area contributed by atoms with E-state index in [-0.39, 0.29) is 23.3 Å². The molecule has 3 nitrogen and oxygen atoms in total. The molecule has 1 aromatic rings. The third-order valence-electron chi connectivity index (χ3n) is 1.70. The Morgan fingerprint density at radius 2 is 2.29 bits per heavy atom. The smallest absolute Gasteiger partial charge is 0.305 e. The monoisotopic (exact) mass is 214 g/mol. The van der Waals surface area contributed by atoms with Crippen molar-refractivity contribution in [3.8, 4) is 5.75 Å². The summed E-state index contributed by atoms with van der Waals surface area (Å²) in [5, 5.41) is 9.39. The van der Waals surface area contributed by atoms with Gasteiger partial charge in [0, 0.05) is 6.42 Å². The lowest BCUT2D eigenvalue weighted by Gasteiger charge is -2.04. The number of phenolic OH excluding ortho intramolecular Hbond substituents is 1. The highest BCUT2D eigenvalue weighted by Crippen LogP contribution is 2.23. The molecular weight excluding hydrogens is 204 g/mol. The molecule has 0 unspecified atom stereocenters. The van der Waals surface area contributed by atoms with E-state index in [4.69, 9.17) is 21.4 Å². The van der Waals surface area contributed by atoms with Crippen molar-refractivity contribution in [3.63, 3.8) is 0 Å². The van der Waals surface area contributed by atoms with E-state index < -0.39 is 0 Å². The molecule has 0 fully saturated rings. The lowest BCUT2D eigenvalue weighted by atomic mass is 10.2. The van der Waals surface area contributed by atoms with Crippen LogP contribution in [0, 0.1) is 0 Å². The lowest BCUT2D eigenvalue weighted by molar-refractivity contribution is -0.144. The average molecular weight is 215 g/mol. The van der Waals surface area contributed by atoms with Crippen molar-refractivity contribution < 1.29 is 14.6 Å². The van der Waals surface area contributed by atoms with Crippen LogP contribution in [0.15, 0.2) is 18.2 Å². The molecule has 4 heteroatoms. The van der Waals surface area contributed by atoms with Gasteiger partial charge in [0.05, 0.1) is 5.02 Å². The van der Waals surface area contributed by atoms with Crippen LogP contribution in [0.1, 0.15) is 18.9 Å². The number of ether oxygens (including phenoxy) is 1. The van der Waals surface area contributed by atoms with Gasteiger partial charge in [0.15, 0.2) is 0 Å². The zero-order valence-electron chi connectivity index (χ0n) is 7.79. The first-order valence-corrected chi connectivity index (χ1v) is 4.64. The molecule has 0 aliphatic rings. The van der Waals surface area contributed by atoms with Crippen molar-refractivity contribution in [2.24, 2.45) is 0 Å². The number of carbonyl (C=O) groups is 1. The SMILES string of the molecule is CCC(=O)OCc1ccc(O)c(Cl)c1. The maximum Gasteiger partial charge on any atom is 0.305 e. The molecule has 0 radical (unpaired) electrons. The summed E-state index contributed by atoms with van der Waals surface area (Å²) >= 11 is 5.67. The molecule has 0 atom stereocenters. The van der Waals surface area contributed by atoms with Crippen LogP contribution in [0.25, 0.3) is 0 Å². The van der Waals surface area contributed by atoms with Crippen LogP contribution >= 0.6 is 11.6 Å². The largest absolute Gasteiger partial charge is 0.506 e. The summed E-state index contributed by atoms with van der Waals surface area (Å²) in [5.74, 6) is -0.230. The molecule has 76 valence electrons. The number of hydrogen-bond acceptors (Lipinski definition) is 3. The Balaban J connectivity index is 2.60. The predicted molar refractivity (Wildman–Crippen MR) is 53.2 cm³/mol. The Hall–Kier alpha value is -1.22. The minimum absolute atomic E-state index is 0.0252. The Bertz CT molecular complexity index is 336. The normalized spacial score (nSPS) is 9.86. The first kappa shape index (κ1) is 10.9. The van der Waals surface area contributed by atoms with E-state index >= 15 is 0 Å². The summed E-state index contributed by atoms with van der Waals surface area (Å²) in [4.78, 5) is 10.8. The van der Waals surface area contributed by atoms with Crippen LogP contribution < -0.4 is 0 Å². The van der Waals surface area contributed by atoms with Crippen molar-refractivity contribution in [2.45, 2.75) is 20.0 Å². The van der Waals surface area contributed by atoms with Gasteiger partial charge in [-0.2, -0.15) is 0 Å². The van der Waals surface area contributed by atoms with Crippen molar-refractivity contribution in [3.05, 3.63) is 28.8 Å². The number of hydrogen-bond donors (Lipinski definition) is 1. The standard InChI is InChI=1S/C10H11ClO3/c1-2-10(13)14-6-7-3-4-9(12)8(11)5-7/h3-5,12H,2,6H2,1H3. The second-order valence-corrected chi connectivity index (χ2v) is 3.21. The van der Waals surface area contributed by atoms with Gasteiger partial charge in [-0.05, 0) is 17.7 Å². The van der Waals surface area contributed by atoms with Gasteiger partial charge in [-0.3, -0.25) is 4.79 Å². The van der Waals surface area contributed by atoms with Crippen LogP contribution in [-0.4, -0.2) is 11.1 Å². The fraction of sp³-hybridized carbons (Fsp3) is 0.300. The first-order chi connectivity index (χ1) is 6.63. The fourth-order valence-electron chi connectivity index (χ4n) is 0.906. The summed E-state index contributed by atoms with van der Waals surface area (Å²) in [5.41, 5.74) is 0.759. The molecule has 1 N–H and O–H groups in total. The molecule has 0 aliphatic carbocycles. The van der Waals surface area contributed by atoms with Crippen LogP contribution in [0.3, 0.4) is 0 Å². The number of aromatic hydroxyl groups is 1. The van der Waals surface area contributed by atoms with E-state index in [1.807, 2.05) is 0 Å². The fourth-order valence-corrected chi connectivity index (χ4v) is 1.11. The molecule has 0 spiro atoms. The Kier molecular flexibility index (Phi) is 3.77. The highest BCUT2D eigenvalue weighted by atomic mass is 35.5. The van der Waals surface area contributed by atoms with Gasteiger partial charge in [0.2, 0.25) is 0 Å². The molecule has 14 heavy (non-hydrogen) atoms. The predicted octanol–water partition coefficient (Wildman–Crippen LogP) is 2.50. The van der Waals surface area contributed by atoms with Crippen LogP contribution in [0.5, 0.6) is 5.75 Å². The number of rotatable bonds is 3. The van der Waals surface area contributed by atoms with Gasteiger partial charge < -0.3 is 9.84 Å². The minimum atomic E-state index is -0.255. The molecule has 0 amide bonds. The molecular formula is C10H11ClO3. The summed E-state index contributed by atoms with van der Waals surface area (Å²) in [6, 6.07) is 4.70. The summed E-state index contributed by atoms with van der Waals surface area (Å²) in [6.45, 7) is 1.92. The van der Waals surface area contributed by atoms with Crippen molar-refractivity contribution in [1.82, 2.24) is 0 Å². The molecule has 0 saturated carbocycles. The first-order valence-electron chi connectivity index (χ1n) is 4.26. The molecule has 0 bridgehead atoms. The van der Waals surface area contributed by atoms with Crippen LogP contribution in [0.2, 0.25) is 5.02 Å². The lowest BCUT2D eigenvalue weighted by Crippen LogP contribution is -2.02. The summed E-state index contributed by atoms with van der Waals surface area (Å²) in [7, 11) is 0. The molecule has 0 aromatic heterocycles. The van der Waals surface area contributed by atoms with Crippen LogP contribution in [0.4, 0.5) is 0 Å². The van der Waals surface area contributed by atoms with Crippen LogP contribution in [-0.2, 0) is 16.1 Å². The highest BCUT2D eigenvalue weighted by molar-refractivity contribution is 6.32. The number of esters is 1. The zero-order chi connectivity index (χ0) is 10.6. The molecule has 1 aromatic carbocycles. The maximum absolute atomic E-state index is 10.8. The average Bonchev–Trinajstić information content (AvgIpc) is 2.19. The Morgan fingerprint density at radius 3 is 2.86 bits per heavy atom. The third-order valence-corrected chi connectivity index (χ3v) is 2.00. The number of benzene rings is 1. The van der Waals surface area contributed by atoms with Gasteiger partial charge >= 0.3 is 5.97 Å². The molecule has 1 rings (SSSR count). The number of phenols is 1. The van der Waals surface area contributed by atoms with E-state index in [9.17, 15) is 4.79 Å². The second-order valence-electron chi connectivity index (χ2n) is 2.80. The van der Waals surface area contributed by atoms with E-state index in [0.29, 0.717) is 6.42 Å². The number of halogens is 1. The highest BCUT2D eigenvalue weighted by Gasteiger charge is 2.02. The topological polar surface area (TPSA) is 46.5 Å². The maximum atomic E-state index is 10.8. The third kappa shape index (κ3) is 2.92. The molecule has 0 aliphatic heterocycles. The second kappa shape index (κ2) is 4.86. The van der Waals surface area contributed by atoms with E-state index in [0.717, 1.165) is 5.56 Å². The number of carbonyl (C=O) groups excluding carboxylic acids is 1. The van der Waals surface area contributed by atoms with E-state index in [1.54, 1.807) is 19.1 Å². The van der Waals surface area contributed by atoms with E-state index in [1.165, 1.54) is 6.07 Å². The van der Waals surface area contributed by atoms with Crippen molar-refractivity contribution >= 4 is 17.6 Å². The summed E-state index contributed by atoms with van der Waals surface area (Å²) < 4.78 is 4.89. The van der Waals surface area contributed by atoms with Gasteiger partial charge in [0.1, 0.15) is 12.4 Å². The summed E-state index contributed by atoms with van der Waals surface area (Å²) in [6.07, 6.45) is 0.353. The minimum Gasteiger partial charge on any atom is -0.506 e. The molecule has 0 saturated heterocycles. The van der Waals surface area contributed by atoms with Gasteiger partial charge in [-0.15, -0.1) is 0 Å². The van der Waals surface area contributed by atoms with Gasteiger partial charge in [-0.1, -0.05) is 24.6 Å².